The molecule has 0 aliphatic carbocycles. The van der Waals surface area contributed by atoms with Crippen LogP contribution in [0.15, 0.2) is 24.3 Å². The average Bonchev–Trinajstić information content (AvgIpc) is 3.03. The second-order valence-corrected chi connectivity index (χ2v) is 9.08. The number of benzene rings is 1. The van der Waals surface area contributed by atoms with Gasteiger partial charge in [-0.2, -0.15) is 12.7 Å². The van der Waals surface area contributed by atoms with Crippen molar-refractivity contribution in [1.29, 1.82) is 0 Å². The number of piperidine rings is 1. The predicted octanol–water partition coefficient (Wildman–Crippen LogP) is 2.39. The van der Waals surface area contributed by atoms with Gasteiger partial charge in [-0.25, -0.2) is 4.72 Å². The van der Waals surface area contributed by atoms with Gasteiger partial charge in [-0.1, -0.05) is 25.1 Å². The molecule has 2 aliphatic rings. The predicted molar refractivity (Wildman–Crippen MR) is 98.4 cm³/mol. The Bertz CT molecular complexity index is 654. The van der Waals surface area contributed by atoms with E-state index in [1.165, 1.54) is 11.3 Å². The first-order chi connectivity index (χ1) is 11.5. The van der Waals surface area contributed by atoms with Gasteiger partial charge in [-0.15, -0.1) is 0 Å². The highest BCUT2D eigenvalue weighted by molar-refractivity contribution is 7.87. The van der Waals surface area contributed by atoms with Gasteiger partial charge in [0.15, 0.2) is 0 Å². The molecule has 1 aromatic rings. The van der Waals surface area contributed by atoms with Crippen molar-refractivity contribution in [2.45, 2.75) is 33.1 Å². The zero-order chi connectivity index (χ0) is 17.2. The maximum atomic E-state index is 12.5. The normalized spacial score (nSPS) is 23.8. The van der Waals surface area contributed by atoms with Crippen LogP contribution in [0.4, 0.5) is 5.69 Å². The summed E-state index contributed by atoms with van der Waals surface area (Å²) in [4.78, 5) is 2.37. The van der Waals surface area contributed by atoms with Crippen LogP contribution in [0.1, 0.15) is 31.7 Å². The second-order valence-electron chi connectivity index (χ2n) is 7.32. The van der Waals surface area contributed by atoms with Crippen LogP contribution in [0.25, 0.3) is 0 Å². The second kappa shape index (κ2) is 7.42. The van der Waals surface area contributed by atoms with E-state index in [-0.39, 0.29) is 0 Å². The molecular weight excluding hydrogens is 322 g/mol. The van der Waals surface area contributed by atoms with Gasteiger partial charge in [0.2, 0.25) is 0 Å². The summed E-state index contributed by atoms with van der Waals surface area (Å²) in [6, 6.07) is 8.40. The molecule has 1 aromatic carbocycles. The van der Waals surface area contributed by atoms with Crippen LogP contribution in [0.3, 0.4) is 0 Å². The van der Waals surface area contributed by atoms with E-state index in [2.05, 4.69) is 47.7 Å². The maximum absolute atomic E-state index is 12.5. The van der Waals surface area contributed by atoms with Crippen molar-refractivity contribution >= 4 is 15.9 Å². The van der Waals surface area contributed by atoms with Crippen molar-refractivity contribution in [2.75, 3.05) is 37.6 Å². The van der Waals surface area contributed by atoms with Crippen molar-refractivity contribution in [3.8, 4) is 0 Å². The number of aryl methyl sites for hydroxylation is 1. The molecular formula is C18H29N3O2S. The third-order valence-electron chi connectivity index (χ3n) is 5.38. The lowest BCUT2D eigenvalue weighted by Crippen LogP contribution is -2.46. The molecule has 2 fully saturated rings. The fourth-order valence-corrected chi connectivity index (χ4v) is 5.00. The zero-order valence-electron chi connectivity index (χ0n) is 14.7. The van der Waals surface area contributed by atoms with E-state index in [1.807, 2.05) is 0 Å². The summed E-state index contributed by atoms with van der Waals surface area (Å²) in [5, 5.41) is 0. The molecule has 0 spiro atoms. The molecule has 2 heterocycles. The number of rotatable bonds is 5. The van der Waals surface area contributed by atoms with Crippen LogP contribution < -0.4 is 9.62 Å². The van der Waals surface area contributed by atoms with Crippen LogP contribution in [-0.2, 0) is 10.2 Å². The monoisotopic (exact) mass is 351 g/mol. The van der Waals surface area contributed by atoms with Crippen LogP contribution in [0, 0.1) is 18.8 Å². The van der Waals surface area contributed by atoms with Crippen molar-refractivity contribution in [3.05, 3.63) is 29.8 Å². The minimum absolute atomic E-state index is 0.378. The van der Waals surface area contributed by atoms with Gasteiger partial charge in [0.1, 0.15) is 0 Å². The lowest BCUT2D eigenvalue weighted by molar-refractivity contribution is 0.284. The van der Waals surface area contributed by atoms with Gasteiger partial charge >= 0.3 is 0 Å². The van der Waals surface area contributed by atoms with Gasteiger partial charge in [0, 0.05) is 38.4 Å². The molecule has 3 rings (SSSR count). The first-order valence-electron chi connectivity index (χ1n) is 9.01. The number of nitrogens with zero attached hydrogens (tertiary/aromatic N) is 2. The summed E-state index contributed by atoms with van der Waals surface area (Å²) in [6.45, 7) is 8.07. The standard InChI is InChI=1S/C18H29N3O2S/c1-15-7-11-21(12-8-15)24(22,23)19-13-17-9-10-20(14-17)18-6-4-3-5-16(18)2/h3-6,15,17,19H,7-14H2,1-2H3. The van der Waals surface area contributed by atoms with E-state index in [0.29, 0.717) is 31.5 Å². The van der Waals surface area contributed by atoms with E-state index in [9.17, 15) is 8.42 Å². The minimum Gasteiger partial charge on any atom is -0.371 e. The summed E-state index contributed by atoms with van der Waals surface area (Å²) in [5.74, 6) is 1.01. The fraction of sp³-hybridized carbons (Fsp3) is 0.667. The van der Waals surface area contributed by atoms with E-state index in [1.54, 1.807) is 4.31 Å². The molecule has 0 radical (unpaired) electrons. The highest BCUT2D eigenvalue weighted by atomic mass is 32.2. The van der Waals surface area contributed by atoms with Crippen LogP contribution in [0.5, 0.6) is 0 Å². The molecule has 134 valence electrons. The molecule has 2 aliphatic heterocycles. The maximum Gasteiger partial charge on any atom is 0.279 e. The zero-order valence-corrected chi connectivity index (χ0v) is 15.6. The molecule has 2 saturated heterocycles. The van der Waals surface area contributed by atoms with E-state index < -0.39 is 10.2 Å². The molecule has 0 bridgehead atoms. The lowest BCUT2D eigenvalue weighted by Gasteiger charge is -2.29. The summed E-state index contributed by atoms with van der Waals surface area (Å²) < 4.78 is 29.4. The Morgan fingerprint density at radius 1 is 1.12 bits per heavy atom. The largest absolute Gasteiger partial charge is 0.371 e. The van der Waals surface area contributed by atoms with Crippen molar-refractivity contribution in [2.24, 2.45) is 11.8 Å². The van der Waals surface area contributed by atoms with Crippen LogP contribution in [-0.4, -0.2) is 45.4 Å². The van der Waals surface area contributed by atoms with Crippen molar-refractivity contribution in [3.63, 3.8) is 0 Å². The molecule has 6 heteroatoms. The average molecular weight is 352 g/mol. The van der Waals surface area contributed by atoms with Gasteiger partial charge in [0.25, 0.3) is 10.2 Å². The van der Waals surface area contributed by atoms with Gasteiger partial charge < -0.3 is 4.90 Å². The van der Waals surface area contributed by atoms with E-state index >= 15 is 0 Å². The smallest absolute Gasteiger partial charge is 0.279 e. The number of para-hydroxylation sites is 1. The number of nitrogens with one attached hydrogen (secondary N) is 1. The molecule has 5 nitrogen and oxygen atoms in total. The number of hydrogen-bond acceptors (Lipinski definition) is 3. The number of hydrogen-bond donors (Lipinski definition) is 1. The summed E-state index contributed by atoms with van der Waals surface area (Å²) in [7, 11) is -3.32. The summed E-state index contributed by atoms with van der Waals surface area (Å²) >= 11 is 0. The van der Waals surface area contributed by atoms with Gasteiger partial charge in [-0.3, -0.25) is 0 Å². The first kappa shape index (κ1) is 17.7. The highest BCUT2D eigenvalue weighted by Crippen LogP contribution is 2.26. The fourth-order valence-electron chi connectivity index (χ4n) is 3.68. The first-order valence-corrected chi connectivity index (χ1v) is 10.4. The van der Waals surface area contributed by atoms with Crippen molar-refractivity contribution < 1.29 is 8.42 Å². The summed E-state index contributed by atoms with van der Waals surface area (Å²) in [5.41, 5.74) is 2.55. The van der Waals surface area contributed by atoms with Gasteiger partial charge in [0.05, 0.1) is 0 Å². The molecule has 1 atom stereocenters. The Morgan fingerprint density at radius 3 is 2.54 bits per heavy atom. The Morgan fingerprint density at radius 2 is 1.83 bits per heavy atom. The summed E-state index contributed by atoms with van der Waals surface area (Å²) in [6.07, 6.45) is 2.96. The molecule has 1 N–H and O–H groups in total. The van der Waals surface area contributed by atoms with E-state index in [4.69, 9.17) is 0 Å². The Kier molecular flexibility index (Phi) is 5.47. The van der Waals surface area contributed by atoms with Crippen LogP contribution in [0.2, 0.25) is 0 Å². The van der Waals surface area contributed by atoms with Gasteiger partial charge in [-0.05, 0) is 49.7 Å². The molecule has 0 amide bonds. The third kappa shape index (κ3) is 4.10. The van der Waals surface area contributed by atoms with E-state index in [0.717, 1.165) is 32.4 Å². The Balaban J connectivity index is 1.52. The topological polar surface area (TPSA) is 52.7 Å². The third-order valence-corrected chi connectivity index (χ3v) is 6.96. The van der Waals surface area contributed by atoms with Crippen molar-refractivity contribution in [1.82, 2.24) is 9.03 Å². The molecule has 0 aromatic heterocycles. The highest BCUT2D eigenvalue weighted by Gasteiger charge is 2.29. The van der Waals surface area contributed by atoms with Crippen LogP contribution >= 0.6 is 0 Å². The number of anilines is 1. The quantitative estimate of drug-likeness (QED) is 0.886. The lowest BCUT2D eigenvalue weighted by atomic mass is 10.0. The minimum atomic E-state index is -3.32. The Labute approximate surface area is 146 Å². The Hall–Kier alpha value is -1.11. The molecule has 24 heavy (non-hydrogen) atoms. The molecule has 0 saturated carbocycles. The SMILES string of the molecule is Cc1ccccc1N1CCC(CNS(=O)(=O)N2CCC(C)CC2)C1. The molecule has 1 unspecified atom stereocenters.